The lowest BCUT2D eigenvalue weighted by molar-refractivity contribution is 0.169. The van der Waals surface area contributed by atoms with Crippen LogP contribution in [0, 0.1) is 0 Å². The number of aliphatic hydroxyl groups excluding tert-OH is 1. The fraction of sp³-hybridized carbons (Fsp3) is 0.400. The highest BCUT2D eigenvalue weighted by Crippen LogP contribution is 2.26. The molecule has 0 aliphatic heterocycles. The number of ether oxygens (including phenoxy) is 1. The third kappa shape index (κ3) is 1.77. The van der Waals surface area contributed by atoms with Crippen molar-refractivity contribution in [2.75, 3.05) is 7.11 Å². The number of hydrogen-bond donors (Lipinski definition) is 1. The van der Waals surface area contributed by atoms with Crippen molar-refractivity contribution in [2.45, 2.75) is 19.4 Å². The van der Waals surface area contributed by atoms with Crippen molar-refractivity contribution >= 4 is 0 Å². The lowest BCUT2D eigenvalue weighted by Gasteiger charge is -2.11. The van der Waals surface area contributed by atoms with Crippen LogP contribution in [0.25, 0.3) is 0 Å². The zero-order chi connectivity index (χ0) is 8.97. The number of methoxy groups -OCH3 is 1. The second-order valence-corrected chi connectivity index (χ2v) is 2.67. The van der Waals surface area contributed by atoms with Gasteiger partial charge >= 0.3 is 0 Å². The first-order chi connectivity index (χ1) is 5.79. The van der Waals surface area contributed by atoms with E-state index in [4.69, 9.17) is 4.74 Å². The molecule has 0 fully saturated rings. The summed E-state index contributed by atoms with van der Waals surface area (Å²) in [7, 11) is 1.61. The van der Waals surface area contributed by atoms with E-state index < -0.39 is 6.10 Å². The maximum atomic E-state index is 9.56. The molecule has 0 saturated heterocycles. The van der Waals surface area contributed by atoms with E-state index in [1.807, 2.05) is 31.2 Å². The highest BCUT2D eigenvalue weighted by molar-refractivity contribution is 5.34. The van der Waals surface area contributed by atoms with Gasteiger partial charge in [-0.05, 0) is 12.5 Å². The molecular weight excluding hydrogens is 152 g/mol. The Bertz CT molecular complexity index is 245. The predicted molar refractivity (Wildman–Crippen MR) is 48.2 cm³/mol. The summed E-state index contributed by atoms with van der Waals surface area (Å²) in [6.07, 6.45) is 0.293. The van der Waals surface area contributed by atoms with Gasteiger partial charge in [-0.3, -0.25) is 0 Å². The first-order valence-corrected chi connectivity index (χ1v) is 4.10. The van der Waals surface area contributed by atoms with Crippen LogP contribution in [0.4, 0.5) is 0 Å². The minimum absolute atomic E-state index is 0.416. The lowest BCUT2D eigenvalue weighted by atomic mass is 10.1. The average Bonchev–Trinajstić information content (AvgIpc) is 2.16. The fourth-order valence-electron chi connectivity index (χ4n) is 1.16. The first kappa shape index (κ1) is 9.07. The maximum Gasteiger partial charge on any atom is 0.124 e. The van der Waals surface area contributed by atoms with Crippen LogP contribution in [0.5, 0.6) is 5.75 Å². The summed E-state index contributed by atoms with van der Waals surface area (Å²) in [6, 6.07) is 7.53. The molecule has 1 rings (SSSR count). The SMILES string of the molecule is CCC(O)c1ccccc1OC. The van der Waals surface area contributed by atoms with Gasteiger partial charge in [0.15, 0.2) is 0 Å². The van der Waals surface area contributed by atoms with Gasteiger partial charge in [-0.2, -0.15) is 0 Å². The van der Waals surface area contributed by atoms with Gasteiger partial charge in [0.25, 0.3) is 0 Å². The second-order valence-electron chi connectivity index (χ2n) is 2.67. The summed E-state index contributed by atoms with van der Waals surface area (Å²) in [5, 5.41) is 9.56. The van der Waals surface area contributed by atoms with Crippen LogP contribution in [0.1, 0.15) is 25.0 Å². The zero-order valence-electron chi connectivity index (χ0n) is 7.45. The molecule has 0 aliphatic rings. The van der Waals surface area contributed by atoms with Crippen LogP contribution in [-0.4, -0.2) is 12.2 Å². The smallest absolute Gasteiger partial charge is 0.124 e. The Balaban J connectivity index is 2.96. The monoisotopic (exact) mass is 166 g/mol. The average molecular weight is 166 g/mol. The summed E-state index contributed by atoms with van der Waals surface area (Å²) in [5.74, 6) is 0.756. The largest absolute Gasteiger partial charge is 0.496 e. The Morgan fingerprint density at radius 3 is 2.67 bits per heavy atom. The van der Waals surface area contributed by atoms with Gasteiger partial charge in [-0.15, -0.1) is 0 Å². The summed E-state index contributed by atoms with van der Waals surface area (Å²) in [4.78, 5) is 0. The molecule has 0 bridgehead atoms. The molecule has 0 amide bonds. The van der Waals surface area contributed by atoms with Crippen LogP contribution >= 0.6 is 0 Å². The molecule has 0 radical (unpaired) electrons. The molecule has 0 spiro atoms. The number of aliphatic hydroxyl groups is 1. The molecule has 1 atom stereocenters. The normalized spacial score (nSPS) is 12.6. The molecule has 0 aromatic heterocycles. The Kier molecular flexibility index (Phi) is 3.11. The van der Waals surface area contributed by atoms with Crippen molar-refractivity contribution in [3.63, 3.8) is 0 Å². The van der Waals surface area contributed by atoms with Crippen LogP contribution in [0.3, 0.4) is 0 Å². The lowest BCUT2D eigenvalue weighted by Crippen LogP contribution is -1.98. The molecule has 1 N–H and O–H groups in total. The third-order valence-corrected chi connectivity index (χ3v) is 1.88. The van der Waals surface area contributed by atoms with Crippen LogP contribution in [0.15, 0.2) is 24.3 Å². The van der Waals surface area contributed by atoms with Crippen molar-refractivity contribution < 1.29 is 9.84 Å². The quantitative estimate of drug-likeness (QED) is 0.745. The molecule has 1 aromatic rings. The summed E-state index contributed by atoms with van der Waals surface area (Å²) in [6.45, 7) is 1.94. The van der Waals surface area contributed by atoms with Crippen LogP contribution in [-0.2, 0) is 0 Å². The first-order valence-electron chi connectivity index (χ1n) is 4.10. The molecule has 0 aliphatic carbocycles. The van der Waals surface area contributed by atoms with Gasteiger partial charge in [0.1, 0.15) is 5.75 Å². The molecule has 12 heavy (non-hydrogen) atoms. The van der Waals surface area contributed by atoms with E-state index in [0.717, 1.165) is 11.3 Å². The molecule has 66 valence electrons. The van der Waals surface area contributed by atoms with E-state index in [9.17, 15) is 5.11 Å². The summed E-state index contributed by atoms with van der Waals surface area (Å²) in [5.41, 5.74) is 0.863. The van der Waals surface area contributed by atoms with Gasteiger partial charge in [-0.1, -0.05) is 25.1 Å². The molecule has 1 aromatic carbocycles. The maximum absolute atomic E-state index is 9.56. The molecule has 0 saturated carbocycles. The van der Waals surface area contributed by atoms with Gasteiger partial charge in [0.2, 0.25) is 0 Å². The van der Waals surface area contributed by atoms with Gasteiger partial charge in [0.05, 0.1) is 13.2 Å². The molecule has 2 nitrogen and oxygen atoms in total. The molecule has 1 unspecified atom stereocenters. The number of hydrogen-bond acceptors (Lipinski definition) is 2. The van der Waals surface area contributed by atoms with Gasteiger partial charge in [-0.25, -0.2) is 0 Å². The van der Waals surface area contributed by atoms with E-state index >= 15 is 0 Å². The number of para-hydroxylation sites is 1. The van der Waals surface area contributed by atoms with Crippen LogP contribution in [0.2, 0.25) is 0 Å². The Labute approximate surface area is 72.8 Å². The summed E-state index contributed by atoms with van der Waals surface area (Å²) >= 11 is 0. The highest BCUT2D eigenvalue weighted by Gasteiger charge is 2.09. The van der Waals surface area contributed by atoms with E-state index in [1.165, 1.54) is 0 Å². The van der Waals surface area contributed by atoms with Crippen molar-refractivity contribution in [1.82, 2.24) is 0 Å². The second kappa shape index (κ2) is 4.12. The summed E-state index contributed by atoms with van der Waals surface area (Å²) < 4.78 is 5.11. The van der Waals surface area contributed by atoms with E-state index in [2.05, 4.69) is 0 Å². The Morgan fingerprint density at radius 2 is 2.08 bits per heavy atom. The zero-order valence-corrected chi connectivity index (χ0v) is 7.45. The third-order valence-electron chi connectivity index (χ3n) is 1.88. The minimum Gasteiger partial charge on any atom is -0.496 e. The number of rotatable bonds is 3. The highest BCUT2D eigenvalue weighted by atomic mass is 16.5. The van der Waals surface area contributed by atoms with Crippen molar-refractivity contribution in [2.24, 2.45) is 0 Å². The predicted octanol–water partition coefficient (Wildman–Crippen LogP) is 2.14. The van der Waals surface area contributed by atoms with E-state index in [-0.39, 0.29) is 0 Å². The topological polar surface area (TPSA) is 29.5 Å². The standard InChI is InChI=1S/C10H14O2/c1-3-9(11)8-6-4-5-7-10(8)12-2/h4-7,9,11H,3H2,1-2H3. The van der Waals surface area contributed by atoms with E-state index in [1.54, 1.807) is 7.11 Å². The van der Waals surface area contributed by atoms with Crippen LogP contribution < -0.4 is 4.74 Å². The Hall–Kier alpha value is -1.02. The fourth-order valence-corrected chi connectivity index (χ4v) is 1.16. The minimum atomic E-state index is -0.416. The van der Waals surface area contributed by atoms with Crippen molar-refractivity contribution in [3.05, 3.63) is 29.8 Å². The molecule has 2 heteroatoms. The molecular formula is C10H14O2. The van der Waals surface area contributed by atoms with Gasteiger partial charge < -0.3 is 9.84 Å². The van der Waals surface area contributed by atoms with Crippen molar-refractivity contribution in [1.29, 1.82) is 0 Å². The number of benzene rings is 1. The van der Waals surface area contributed by atoms with Crippen molar-refractivity contribution in [3.8, 4) is 5.75 Å². The Morgan fingerprint density at radius 1 is 1.42 bits per heavy atom. The van der Waals surface area contributed by atoms with Gasteiger partial charge in [0, 0.05) is 5.56 Å². The van der Waals surface area contributed by atoms with E-state index in [0.29, 0.717) is 6.42 Å². The molecule has 0 heterocycles.